The van der Waals surface area contributed by atoms with Crippen LogP contribution in [0.15, 0.2) is 36.4 Å². The summed E-state index contributed by atoms with van der Waals surface area (Å²) < 4.78 is 25.2. The second-order valence-corrected chi connectivity index (χ2v) is 9.43. The van der Waals surface area contributed by atoms with Gasteiger partial charge in [0.2, 0.25) is 5.91 Å². The Morgan fingerprint density at radius 1 is 1.26 bits per heavy atom. The van der Waals surface area contributed by atoms with Gasteiger partial charge in [0.25, 0.3) is 0 Å². The third kappa shape index (κ3) is 3.90. The van der Waals surface area contributed by atoms with Gasteiger partial charge in [-0.2, -0.15) is 5.10 Å². The molecule has 2 aliphatic heterocycles. The normalized spacial score (nSPS) is 26.9. The lowest BCUT2D eigenvalue weighted by Crippen LogP contribution is -2.40. The Bertz CT molecular complexity index is 941. The van der Waals surface area contributed by atoms with Crippen LogP contribution in [0.25, 0.3) is 0 Å². The molecule has 8 nitrogen and oxygen atoms in total. The summed E-state index contributed by atoms with van der Waals surface area (Å²) in [7, 11) is -3.03. The smallest absolute Gasteiger partial charge is 0.244 e. The van der Waals surface area contributed by atoms with E-state index >= 15 is 0 Å². The number of hydrogen-bond donors (Lipinski definition) is 3. The fraction of sp³-hybridized carbons (Fsp3) is 0.444. The largest absolute Gasteiger partial charge is 0.309 e. The first-order chi connectivity index (χ1) is 12.9. The Kier molecular flexibility index (Phi) is 4.75. The quantitative estimate of drug-likeness (QED) is 0.723. The maximum absolute atomic E-state index is 12.7. The third-order valence-electron chi connectivity index (χ3n) is 5.09. The number of carbonyl (C=O) groups is 1. The number of carbonyl (C=O) groups excluding carboxylic acids is 1. The summed E-state index contributed by atoms with van der Waals surface area (Å²) >= 11 is 0. The molecule has 3 unspecified atom stereocenters. The van der Waals surface area contributed by atoms with Gasteiger partial charge in [-0.3, -0.25) is 4.79 Å². The molecule has 2 aromatic rings. The number of anilines is 1. The molecule has 144 valence electrons. The van der Waals surface area contributed by atoms with Crippen LogP contribution < -0.4 is 16.2 Å². The van der Waals surface area contributed by atoms with E-state index in [9.17, 15) is 13.2 Å². The standard InChI is InChI=1S/C18H23N5O3S/c1-12-9-17(23(22-12)14-7-8-27(25,26)11-14)19-18(24)16-10-15(20-21-16)13-5-3-2-4-6-13/h2-6,9,14-16,20-21H,7-8,10-11H2,1H3,(H,19,24). The van der Waals surface area contributed by atoms with Gasteiger partial charge in [0.05, 0.1) is 23.2 Å². The number of aromatic nitrogens is 2. The molecule has 3 N–H and O–H groups in total. The zero-order valence-electron chi connectivity index (χ0n) is 15.1. The second kappa shape index (κ2) is 7.06. The van der Waals surface area contributed by atoms with E-state index in [0.717, 1.165) is 11.3 Å². The molecule has 1 aromatic carbocycles. The molecule has 2 saturated heterocycles. The highest BCUT2D eigenvalue weighted by Crippen LogP contribution is 2.28. The van der Waals surface area contributed by atoms with E-state index in [1.807, 2.05) is 37.3 Å². The highest BCUT2D eigenvalue weighted by Gasteiger charge is 2.33. The third-order valence-corrected chi connectivity index (χ3v) is 6.84. The molecule has 4 rings (SSSR count). The molecule has 0 saturated carbocycles. The lowest BCUT2D eigenvalue weighted by atomic mass is 10.0. The van der Waals surface area contributed by atoms with Gasteiger partial charge >= 0.3 is 0 Å². The lowest BCUT2D eigenvalue weighted by molar-refractivity contribution is -0.117. The van der Waals surface area contributed by atoms with Gasteiger partial charge in [0, 0.05) is 12.1 Å². The molecule has 3 atom stereocenters. The second-order valence-electron chi connectivity index (χ2n) is 7.20. The van der Waals surface area contributed by atoms with E-state index in [1.165, 1.54) is 0 Å². The zero-order chi connectivity index (χ0) is 19.0. The van der Waals surface area contributed by atoms with Gasteiger partial charge in [-0.25, -0.2) is 24.0 Å². The number of hydrazine groups is 1. The molecule has 9 heteroatoms. The number of nitrogens with zero attached hydrogens (tertiary/aromatic N) is 2. The molecule has 0 spiro atoms. The number of aryl methyl sites for hydroxylation is 1. The summed E-state index contributed by atoms with van der Waals surface area (Å²) in [6.45, 7) is 1.83. The monoisotopic (exact) mass is 389 g/mol. The number of rotatable bonds is 4. The highest BCUT2D eigenvalue weighted by molar-refractivity contribution is 7.91. The van der Waals surface area contributed by atoms with Crippen molar-refractivity contribution in [3.05, 3.63) is 47.7 Å². The molecule has 0 radical (unpaired) electrons. The van der Waals surface area contributed by atoms with E-state index in [4.69, 9.17) is 0 Å². The summed E-state index contributed by atoms with van der Waals surface area (Å²) in [4.78, 5) is 12.7. The highest BCUT2D eigenvalue weighted by atomic mass is 32.2. The van der Waals surface area contributed by atoms with Crippen LogP contribution in [0.3, 0.4) is 0 Å². The molecule has 2 aliphatic rings. The fourth-order valence-electron chi connectivity index (χ4n) is 3.70. The van der Waals surface area contributed by atoms with Crippen LogP contribution in [0, 0.1) is 6.92 Å². The Morgan fingerprint density at radius 3 is 2.74 bits per heavy atom. The van der Waals surface area contributed by atoms with Crippen molar-refractivity contribution < 1.29 is 13.2 Å². The minimum atomic E-state index is -3.03. The van der Waals surface area contributed by atoms with Crippen molar-refractivity contribution in [2.45, 2.75) is 37.9 Å². The van der Waals surface area contributed by atoms with Gasteiger partial charge in [-0.05, 0) is 25.3 Å². The van der Waals surface area contributed by atoms with Crippen LogP contribution in [-0.2, 0) is 14.6 Å². The van der Waals surface area contributed by atoms with Crippen LogP contribution in [0.2, 0.25) is 0 Å². The van der Waals surface area contributed by atoms with E-state index in [2.05, 4.69) is 21.3 Å². The number of sulfone groups is 1. The van der Waals surface area contributed by atoms with Crippen molar-refractivity contribution >= 4 is 21.6 Å². The zero-order valence-corrected chi connectivity index (χ0v) is 15.9. The number of nitrogens with one attached hydrogen (secondary N) is 3. The number of benzene rings is 1. The van der Waals surface area contributed by atoms with Crippen molar-refractivity contribution in [2.75, 3.05) is 16.8 Å². The first kappa shape index (κ1) is 18.1. The maximum Gasteiger partial charge on any atom is 0.244 e. The Morgan fingerprint density at radius 2 is 2.04 bits per heavy atom. The summed E-state index contributed by atoms with van der Waals surface area (Å²) in [5.41, 5.74) is 8.08. The lowest BCUT2D eigenvalue weighted by Gasteiger charge is -2.15. The van der Waals surface area contributed by atoms with E-state index < -0.39 is 9.84 Å². The maximum atomic E-state index is 12.7. The van der Waals surface area contributed by atoms with Crippen LogP contribution in [-0.4, -0.2) is 41.7 Å². The van der Waals surface area contributed by atoms with Crippen LogP contribution in [0.4, 0.5) is 5.82 Å². The van der Waals surface area contributed by atoms with E-state index in [0.29, 0.717) is 18.7 Å². The van der Waals surface area contributed by atoms with Crippen molar-refractivity contribution in [3.8, 4) is 0 Å². The van der Waals surface area contributed by atoms with Gasteiger partial charge in [0.1, 0.15) is 11.9 Å². The molecular weight excluding hydrogens is 366 g/mol. The first-order valence-electron chi connectivity index (χ1n) is 9.05. The summed E-state index contributed by atoms with van der Waals surface area (Å²) in [6.07, 6.45) is 1.15. The average molecular weight is 389 g/mol. The predicted octanol–water partition coefficient (Wildman–Crippen LogP) is 1.10. The predicted molar refractivity (Wildman–Crippen MR) is 102 cm³/mol. The number of amides is 1. The summed E-state index contributed by atoms with van der Waals surface area (Å²) in [5, 5.41) is 7.32. The van der Waals surface area contributed by atoms with Crippen LogP contribution in [0.1, 0.15) is 36.2 Å². The van der Waals surface area contributed by atoms with E-state index in [1.54, 1.807) is 10.7 Å². The van der Waals surface area contributed by atoms with Crippen molar-refractivity contribution in [2.24, 2.45) is 0 Å². The van der Waals surface area contributed by atoms with Crippen LogP contribution >= 0.6 is 0 Å². The minimum absolute atomic E-state index is 0.0635. The summed E-state index contributed by atoms with van der Waals surface area (Å²) in [5.74, 6) is 0.611. The molecule has 2 fully saturated rings. The molecule has 27 heavy (non-hydrogen) atoms. The van der Waals surface area contributed by atoms with Crippen molar-refractivity contribution in [1.29, 1.82) is 0 Å². The van der Waals surface area contributed by atoms with Crippen molar-refractivity contribution in [3.63, 3.8) is 0 Å². The van der Waals surface area contributed by atoms with Crippen molar-refractivity contribution in [1.82, 2.24) is 20.6 Å². The molecule has 0 aliphatic carbocycles. The van der Waals surface area contributed by atoms with Crippen LogP contribution in [0.5, 0.6) is 0 Å². The van der Waals surface area contributed by atoms with Gasteiger partial charge in [0.15, 0.2) is 9.84 Å². The SMILES string of the molecule is Cc1cc(NC(=O)C2CC(c3ccccc3)NN2)n(C2CCS(=O)(=O)C2)n1. The number of hydrogen-bond acceptors (Lipinski definition) is 6. The van der Waals surface area contributed by atoms with Gasteiger partial charge in [-0.15, -0.1) is 0 Å². The molecule has 3 heterocycles. The average Bonchev–Trinajstić information content (AvgIpc) is 3.34. The van der Waals surface area contributed by atoms with Gasteiger partial charge in [-0.1, -0.05) is 30.3 Å². The van der Waals surface area contributed by atoms with E-state index in [-0.39, 0.29) is 35.5 Å². The minimum Gasteiger partial charge on any atom is -0.309 e. The molecular formula is C18H23N5O3S. The fourth-order valence-corrected chi connectivity index (χ4v) is 5.39. The Labute approximate surface area is 158 Å². The molecule has 0 bridgehead atoms. The molecule has 1 amide bonds. The van der Waals surface area contributed by atoms with Gasteiger partial charge < -0.3 is 5.32 Å². The Balaban J connectivity index is 1.45. The topological polar surface area (TPSA) is 105 Å². The summed E-state index contributed by atoms with van der Waals surface area (Å²) in [6, 6.07) is 11.2. The molecule has 1 aromatic heterocycles. The first-order valence-corrected chi connectivity index (χ1v) is 10.9. The Hall–Kier alpha value is -2.23.